The Balaban J connectivity index is 2.56. The number of alkyl halides is 1. The van der Waals surface area contributed by atoms with E-state index in [0.29, 0.717) is 23.3 Å². The van der Waals surface area contributed by atoms with E-state index in [0.717, 1.165) is 12.8 Å². The first-order valence-corrected chi connectivity index (χ1v) is 7.01. The van der Waals surface area contributed by atoms with Crippen molar-refractivity contribution in [3.63, 3.8) is 0 Å². The van der Waals surface area contributed by atoms with Gasteiger partial charge in [0.25, 0.3) is 0 Å². The lowest BCUT2D eigenvalue weighted by Gasteiger charge is -2.47. The average molecular weight is 244 g/mol. The van der Waals surface area contributed by atoms with Crippen LogP contribution in [0, 0.1) is 11.3 Å². The molecule has 0 bridgehead atoms. The van der Waals surface area contributed by atoms with Crippen LogP contribution in [-0.4, -0.2) is 11.9 Å². The van der Waals surface area contributed by atoms with E-state index in [-0.39, 0.29) is 0 Å². The van der Waals surface area contributed by atoms with Crippen LogP contribution >= 0.6 is 11.6 Å². The first-order valence-electron chi connectivity index (χ1n) is 6.47. The lowest BCUT2D eigenvalue weighted by atomic mass is 9.61. The summed E-state index contributed by atoms with van der Waals surface area (Å²) < 4.78 is 0. The third kappa shape index (κ3) is 3.49. The maximum atomic E-state index is 6.38. The number of nitrogens with two attached hydrogens (primary N) is 1. The zero-order chi connectivity index (χ0) is 12.2. The molecule has 0 aromatic rings. The summed E-state index contributed by atoms with van der Waals surface area (Å²) >= 11 is 5.81. The Bertz CT molecular complexity index is 241. The van der Waals surface area contributed by atoms with Gasteiger partial charge in [-0.15, -0.1) is 11.6 Å². The second kappa shape index (κ2) is 6.07. The molecule has 0 spiro atoms. The smallest absolute Gasteiger partial charge is 0.0430 e. The van der Waals surface area contributed by atoms with Crippen LogP contribution in [0.15, 0.2) is 11.6 Å². The van der Waals surface area contributed by atoms with Gasteiger partial charge in [0.05, 0.1) is 0 Å². The van der Waals surface area contributed by atoms with Crippen LogP contribution in [-0.2, 0) is 0 Å². The van der Waals surface area contributed by atoms with E-state index < -0.39 is 0 Å². The van der Waals surface area contributed by atoms with E-state index in [1.807, 2.05) is 0 Å². The monoisotopic (exact) mass is 243 g/mol. The molecule has 16 heavy (non-hydrogen) atoms. The Kier molecular flexibility index (Phi) is 5.33. The van der Waals surface area contributed by atoms with Crippen molar-refractivity contribution in [3.8, 4) is 0 Å². The number of halogens is 1. The van der Waals surface area contributed by atoms with E-state index in [4.69, 9.17) is 17.3 Å². The van der Waals surface area contributed by atoms with Crippen LogP contribution in [0.1, 0.15) is 52.9 Å². The van der Waals surface area contributed by atoms with Gasteiger partial charge in [-0.2, -0.15) is 0 Å². The molecule has 1 atom stereocenters. The molecule has 1 aliphatic carbocycles. The lowest BCUT2D eigenvalue weighted by molar-refractivity contribution is 0.0860. The lowest BCUT2D eigenvalue weighted by Crippen LogP contribution is -2.47. The van der Waals surface area contributed by atoms with Gasteiger partial charge in [-0.3, -0.25) is 0 Å². The van der Waals surface area contributed by atoms with Crippen molar-refractivity contribution in [2.24, 2.45) is 17.1 Å². The highest BCUT2D eigenvalue weighted by Crippen LogP contribution is 2.48. The second-order valence-corrected chi connectivity index (χ2v) is 6.11. The minimum atomic E-state index is 0.362. The molecular formula is C14H26ClN. The number of hydrogen-bond acceptors (Lipinski definition) is 1. The summed E-state index contributed by atoms with van der Waals surface area (Å²) in [6, 6.07) is 0.362. The van der Waals surface area contributed by atoms with Crippen LogP contribution in [0.2, 0.25) is 0 Å². The number of hydrogen-bond donors (Lipinski definition) is 1. The van der Waals surface area contributed by atoms with Gasteiger partial charge in [-0.1, -0.05) is 31.9 Å². The molecule has 0 aromatic carbocycles. The van der Waals surface area contributed by atoms with Crippen LogP contribution < -0.4 is 5.73 Å². The topological polar surface area (TPSA) is 26.0 Å². The van der Waals surface area contributed by atoms with Crippen molar-refractivity contribution < 1.29 is 0 Å². The summed E-state index contributed by atoms with van der Waals surface area (Å²) in [4.78, 5) is 0. The van der Waals surface area contributed by atoms with Crippen molar-refractivity contribution in [1.82, 2.24) is 0 Å². The maximum absolute atomic E-state index is 6.38. The summed E-state index contributed by atoms with van der Waals surface area (Å²) in [5.74, 6) is 1.35. The highest BCUT2D eigenvalue weighted by Gasteiger charge is 2.41. The first kappa shape index (κ1) is 14.1. The molecule has 2 heteroatoms. The molecule has 1 fully saturated rings. The Labute approximate surface area is 105 Å². The molecule has 0 aliphatic heterocycles. The van der Waals surface area contributed by atoms with Crippen molar-refractivity contribution in [2.75, 3.05) is 5.88 Å². The summed E-state index contributed by atoms with van der Waals surface area (Å²) in [7, 11) is 0. The first-order chi connectivity index (χ1) is 7.50. The van der Waals surface area contributed by atoms with Crippen molar-refractivity contribution in [3.05, 3.63) is 11.6 Å². The molecule has 0 radical (unpaired) electrons. The molecule has 1 nitrogen and oxygen atoms in total. The Morgan fingerprint density at radius 1 is 1.44 bits per heavy atom. The van der Waals surface area contributed by atoms with Gasteiger partial charge in [0, 0.05) is 11.9 Å². The van der Waals surface area contributed by atoms with Crippen molar-refractivity contribution >= 4 is 11.6 Å². The standard InChI is InChI=1S/C14H26ClN/c1-11(2)9-13(16)14(6-4-7-14)8-5-12(3)10-15/h5,11,13H,4,6-10,16H2,1-3H3/b12-5-. The molecule has 1 aliphatic rings. The number of rotatable bonds is 6. The van der Waals surface area contributed by atoms with Crippen LogP contribution in [0.25, 0.3) is 0 Å². The SMILES string of the molecule is C/C(=C/CC1(C(N)CC(C)C)CCC1)CCl. The molecule has 0 saturated heterocycles. The van der Waals surface area contributed by atoms with Gasteiger partial charge in [-0.05, 0) is 43.9 Å². The Morgan fingerprint density at radius 3 is 2.44 bits per heavy atom. The van der Waals surface area contributed by atoms with E-state index in [2.05, 4.69) is 26.8 Å². The summed E-state index contributed by atoms with van der Waals surface area (Å²) in [6.07, 6.45) is 8.51. The Hall–Kier alpha value is -0.0100. The van der Waals surface area contributed by atoms with E-state index >= 15 is 0 Å². The molecule has 94 valence electrons. The Morgan fingerprint density at radius 2 is 2.06 bits per heavy atom. The summed E-state index contributed by atoms with van der Waals surface area (Å²) in [5.41, 5.74) is 8.05. The molecule has 0 amide bonds. The molecular weight excluding hydrogens is 218 g/mol. The van der Waals surface area contributed by atoms with Crippen molar-refractivity contribution in [2.45, 2.75) is 58.9 Å². The van der Waals surface area contributed by atoms with Gasteiger partial charge in [0.1, 0.15) is 0 Å². The zero-order valence-electron chi connectivity index (χ0n) is 10.9. The third-order valence-corrected chi connectivity index (χ3v) is 4.35. The highest BCUT2D eigenvalue weighted by atomic mass is 35.5. The van der Waals surface area contributed by atoms with Gasteiger partial charge < -0.3 is 5.73 Å². The fourth-order valence-corrected chi connectivity index (χ4v) is 2.66. The molecule has 1 rings (SSSR count). The number of allylic oxidation sites excluding steroid dienone is 2. The fraction of sp³-hybridized carbons (Fsp3) is 0.857. The normalized spacial score (nSPS) is 22.0. The van der Waals surface area contributed by atoms with Crippen molar-refractivity contribution in [1.29, 1.82) is 0 Å². The van der Waals surface area contributed by atoms with Gasteiger partial charge >= 0.3 is 0 Å². The average Bonchev–Trinajstić information content (AvgIpc) is 2.14. The predicted octanol–water partition coefficient (Wildman–Crippen LogP) is 4.11. The van der Waals surface area contributed by atoms with Crippen LogP contribution in [0.4, 0.5) is 0 Å². The third-order valence-electron chi connectivity index (χ3n) is 3.93. The minimum Gasteiger partial charge on any atom is -0.327 e. The molecule has 1 unspecified atom stereocenters. The van der Waals surface area contributed by atoms with E-state index in [1.165, 1.54) is 24.8 Å². The fourth-order valence-electron chi connectivity index (χ4n) is 2.55. The highest BCUT2D eigenvalue weighted by molar-refractivity contribution is 6.19. The molecule has 1 saturated carbocycles. The van der Waals surface area contributed by atoms with Crippen LogP contribution in [0.5, 0.6) is 0 Å². The van der Waals surface area contributed by atoms with E-state index in [9.17, 15) is 0 Å². The predicted molar refractivity (Wildman–Crippen MR) is 72.8 cm³/mol. The molecule has 0 heterocycles. The summed E-state index contributed by atoms with van der Waals surface area (Å²) in [5, 5.41) is 0. The quantitative estimate of drug-likeness (QED) is 0.552. The largest absolute Gasteiger partial charge is 0.327 e. The van der Waals surface area contributed by atoms with E-state index in [1.54, 1.807) is 0 Å². The van der Waals surface area contributed by atoms with Gasteiger partial charge in [-0.25, -0.2) is 0 Å². The molecule has 2 N–H and O–H groups in total. The zero-order valence-corrected chi connectivity index (χ0v) is 11.7. The minimum absolute atomic E-state index is 0.362. The second-order valence-electron chi connectivity index (χ2n) is 5.84. The van der Waals surface area contributed by atoms with Gasteiger partial charge in [0.2, 0.25) is 0 Å². The maximum Gasteiger partial charge on any atom is 0.0430 e. The van der Waals surface area contributed by atoms with Gasteiger partial charge in [0.15, 0.2) is 0 Å². The van der Waals surface area contributed by atoms with Crippen LogP contribution in [0.3, 0.4) is 0 Å². The summed E-state index contributed by atoms with van der Waals surface area (Å²) in [6.45, 7) is 6.62. The molecule has 0 aromatic heterocycles.